The van der Waals surface area contributed by atoms with E-state index in [9.17, 15) is 13.6 Å². The van der Waals surface area contributed by atoms with Gasteiger partial charge in [0.25, 0.3) is 5.91 Å². The molecule has 1 aliphatic rings. The second-order valence-electron chi connectivity index (χ2n) is 8.36. The summed E-state index contributed by atoms with van der Waals surface area (Å²) in [6.07, 6.45) is 5.25. The normalized spacial score (nSPS) is 13.3. The number of carbonyl (C=O) groups excluding carboxylic acids is 1. The van der Waals surface area contributed by atoms with Crippen LogP contribution in [0.4, 0.5) is 14.7 Å². The minimum Gasteiger partial charge on any atom is -0.490 e. The Morgan fingerprint density at radius 3 is 2.88 bits per heavy atom. The quantitative estimate of drug-likeness (QED) is 0.432. The number of nitrogens with zero attached hydrogens (tertiary/aromatic N) is 4. The standard InChI is InChI=1S/C24H22F2N6O2/c1-13-19(15-4-5-32-21(8-15)30-24(27)31-32)7-17(11-28-13)23(33)29-10-16-6-18(25)9-20(26)22(16)34-12-14-2-3-14/h4-9,11,14H,2-3,10,12H2,1H3,(H2,27,31)(H,29,33). The van der Waals surface area contributed by atoms with Gasteiger partial charge in [-0.05, 0) is 55.5 Å². The Morgan fingerprint density at radius 2 is 2.09 bits per heavy atom. The molecule has 0 atom stereocenters. The molecule has 5 rings (SSSR count). The van der Waals surface area contributed by atoms with E-state index >= 15 is 0 Å². The van der Waals surface area contributed by atoms with Gasteiger partial charge in [-0.3, -0.25) is 9.78 Å². The highest BCUT2D eigenvalue weighted by Crippen LogP contribution is 2.32. The maximum Gasteiger partial charge on any atom is 0.253 e. The zero-order chi connectivity index (χ0) is 23.8. The predicted octanol–water partition coefficient (Wildman–Crippen LogP) is 3.68. The van der Waals surface area contributed by atoms with Gasteiger partial charge >= 0.3 is 0 Å². The Hall–Kier alpha value is -4.08. The number of nitrogens with one attached hydrogen (secondary N) is 1. The van der Waals surface area contributed by atoms with Crippen molar-refractivity contribution >= 4 is 17.5 Å². The van der Waals surface area contributed by atoms with Gasteiger partial charge in [0.05, 0.1) is 12.2 Å². The summed E-state index contributed by atoms with van der Waals surface area (Å²) >= 11 is 0. The van der Waals surface area contributed by atoms with E-state index in [2.05, 4.69) is 20.4 Å². The molecule has 1 fully saturated rings. The molecule has 174 valence electrons. The van der Waals surface area contributed by atoms with Gasteiger partial charge in [0.2, 0.25) is 5.95 Å². The van der Waals surface area contributed by atoms with Crippen LogP contribution in [0, 0.1) is 24.5 Å². The van der Waals surface area contributed by atoms with Crippen LogP contribution >= 0.6 is 0 Å². The van der Waals surface area contributed by atoms with Crippen LogP contribution in [0.15, 0.2) is 42.7 Å². The molecule has 0 spiro atoms. The lowest BCUT2D eigenvalue weighted by molar-refractivity contribution is 0.0950. The zero-order valence-corrected chi connectivity index (χ0v) is 18.4. The van der Waals surface area contributed by atoms with E-state index < -0.39 is 17.5 Å². The van der Waals surface area contributed by atoms with Crippen molar-refractivity contribution in [3.8, 4) is 16.9 Å². The molecular formula is C24H22F2N6O2. The lowest BCUT2D eigenvalue weighted by Gasteiger charge is -2.14. The van der Waals surface area contributed by atoms with Crippen molar-refractivity contribution in [1.82, 2.24) is 24.9 Å². The lowest BCUT2D eigenvalue weighted by atomic mass is 10.0. The number of aromatic nitrogens is 4. The van der Waals surface area contributed by atoms with Crippen LogP contribution in [0.5, 0.6) is 5.75 Å². The number of nitrogen functional groups attached to an aromatic ring is 1. The highest BCUT2D eigenvalue weighted by molar-refractivity contribution is 5.95. The molecule has 1 saturated carbocycles. The third kappa shape index (κ3) is 4.52. The lowest BCUT2D eigenvalue weighted by Crippen LogP contribution is -2.24. The first-order valence-corrected chi connectivity index (χ1v) is 10.8. The maximum absolute atomic E-state index is 14.3. The van der Waals surface area contributed by atoms with Crippen molar-refractivity contribution in [3.63, 3.8) is 0 Å². The summed E-state index contributed by atoms with van der Waals surface area (Å²) in [5.74, 6) is -1.42. The average Bonchev–Trinajstić information content (AvgIpc) is 3.55. The van der Waals surface area contributed by atoms with Gasteiger partial charge in [-0.25, -0.2) is 13.3 Å². The van der Waals surface area contributed by atoms with Crippen molar-refractivity contribution < 1.29 is 18.3 Å². The van der Waals surface area contributed by atoms with Crippen LogP contribution in [-0.4, -0.2) is 32.1 Å². The summed E-state index contributed by atoms with van der Waals surface area (Å²) in [4.78, 5) is 21.4. The number of amides is 1. The minimum atomic E-state index is -0.784. The number of ether oxygens (including phenoxy) is 1. The molecule has 8 nitrogen and oxygen atoms in total. The third-order valence-electron chi connectivity index (χ3n) is 5.70. The summed E-state index contributed by atoms with van der Waals surface area (Å²) < 4.78 is 35.3. The smallest absolute Gasteiger partial charge is 0.253 e. The zero-order valence-electron chi connectivity index (χ0n) is 18.4. The fourth-order valence-corrected chi connectivity index (χ4v) is 3.69. The molecular weight excluding hydrogens is 442 g/mol. The number of pyridine rings is 2. The van der Waals surface area contributed by atoms with Gasteiger partial charge in [-0.15, -0.1) is 5.10 Å². The van der Waals surface area contributed by atoms with E-state index in [0.29, 0.717) is 23.7 Å². The molecule has 1 aliphatic carbocycles. The highest BCUT2D eigenvalue weighted by atomic mass is 19.1. The molecule has 3 aromatic heterocycles. The number of anilines is 1. The fourth-order valence-electron chi connectivity index (χ4n) is 3.69. The first-order chi connectivity index (χ1) is 16.4. The van der Waals surface area contributed by atoms with Gasteiger partial charge in [0.15, 0.2) is 17.2 Å². The van der Waals surface area contributed by atoms with Gasteiger partial charge in [-0.1, -0.05) is 0 Å². The number of halogens is 2. The number of hydrogen-bond acceptors (Lipinski definition) is 6. The van der Waals surface area contributed by atoms with Crippen molar-refractivity contribution in [1.29, 1.82) is 0 Å². The topological polar surface area (TPSA) is 107 Å². The number of hydrogen-bond donors (Lipinski definition) is 2. The first kappa shape index (κ1) is 21.7. The molecule has 1 aromatic carbocycles. The van der Waals surface area contributed by atoms with Gasteiger partial charge in [0.1, 0.15) is 5.82 Å². The fraction of sp³-hybridized carbons (Fsp3) is 0.250. The van der Waals surface area contributed by atoms with Crippen molar-refractivity contribution in [3.05, 3.63) is 71.2 Å². The predicted molar refractivity (Wildman–Crippen MR) is 121 cm³/mol. The molecule has 10 heteroatoms. The van der Waals surface area contributed by atoms with Crippen LogP contribution in [0.1, 0.15) is 34.5 Å². The monoisotopic (exact) mass is 464 g/mol. The highest BCUT2D eigenvalue weighted by Gasteiger charge is 2.24. The third-order valence-corrected chi connectivity index (χ3v) is 5.70. The number of rotatable bonds is 7. The molecule has 0 aliphatic heterocycles. The van der Waals surface area contributed by atoms with Crippen LogP contribution in [0.3, 0.4) is 0 Å². The Kier molecular flexibility index (Phi) is 5.56. The molecule has 0 saturated heterocycles. The Bertz CT molecular complexity index is 1400. The molecule has 1 amide bonds. The molecule has 0 radical (unpaired) electrons. The summed E-state index contributed by atoms with van der Waals surface area (Å²) in [5, 5.41) is 6.76. The molecule has 0 unspecified atom stereocenters. The van der Waals surface area contributed by atoms with Crippen molar-refractivity contribution in [2.75, 3.05) is 12.3 Å². The summed E-state index contributed by atoms with van der Waals surface area (Å²) in [6, 6.07) is 7.28. The second kappa shape index (κ2) is 8.69. The largest absolute Gasteiger partial charge is 0.490 e. The first-order valence-electron chi connectivity index (χ1n) is 10.8. The minimum absolute atomic E-state index is 0.0304. The van der Waals surface area contributed by atoms with E-state index in [1.807, 2.05) is 13.0 Å². The van der Waals surface area contributed by atoms with E-state index in [-0.39, 0.29) is 23.8 Å². The molecule has 4 aromatic rings. The van der Waals surface area contributed by atoms with Crippen LogP contribution in [-0.2, 0) is 6.54 Å². The van der Waals surface area contributed by atoms with E-state index in [0.717, 1.165) is 35.7 Å². The average molecular weight is 464 g/mol. The van der Waals surface area contributed by atoms with Crippen molar-refractivity contribution in [2.24, 2.45) is 5.92 Å². The Balaban J connectivity index is 1.36. The van der Waals surface area contributed by atoms with Gasteiger partial charge < -0.3 is 15.8 Å². The van der Waals surface area contributed by atoms with Crippen LogP contribution in [0.2, 0.25) is 0 Å². The summed E-state index contributed by atoms with van der Waals surface area (Å²) in [5.41, 5.74) is 9.01. The maximum atomic E-state index is 14.3. The summed E-state index contributed by atoms with van der Waals surface area (Å²) in [6.45, 7) is 2.11. The molecule has 0 bridgehead atoms. The number of carbonyl (C=O) groups is 1. The van der Waals surface area contributed by atoms with E-state index in [1.165, 1.54) is 12.3 Å². The molecule has 3 N–H and O–H groups in total. The second-order valence-corrected chi connectivity index (χ2v) is 8.36. The van der Waals surface area contributed by atoms with Gasteiger partial charge in [0, 0.05) is 41.8 Å². The number of nitrogens with two attached hydrogens (primary N) is 1. The van der Waals surface area contributed by atoms with Gasteiger partial charge in [-0.2, -0.15) is 4.98 Å². The van der Waals surface area contributed by atoms with E-state index in [1.54, 1.807) is 22.8 Å². The van der Waals surface area contributed by atoms with Crippen LogP contribution in [0.25, 0.3) is 16.8 Å². The molecule has 34 heavy (non-hydrogen) atoms. The van der Waals surface area contributed by atoms with Crippen molar-refractivity contribution in [2.45, 2.75) is 26.3 Å². The number of aryl methyl sites for hydroxylation is 1. The Labute approximate surface area is 193 Å². The molecule has 3 heterocycles. The number of fused-ring (bicyclic) bond motifs is 1. The number of benzene rings is 1. The van der Waals surface area contributed by atoms with E-state index in [4.69, 9.17) is 10.5 Å². The summed E-state index contributed by atoms with van der Waals surface area (Å²) in [7, 11) is 0. The SMILES string of the molecule is Cc1ncc(C(=O)NCc2cc(F)cc(F)c2OCC2CC2)cc1-c1ccn2nc(N)nc2c1. The Morgan fingerprint density at radius 1 is 1.26 bits per heavy atom. The van der Waals surface area contributed by atoms with Crippen LogP contribution < -0.4 is 15.8 Å².